The summed E-state index contributed by atoms with van der Waals surface area (Å²) in [6.07, 6.45) is 7.27. The van der Waals surface area contributed by atoms with E-state index in [9.17, 15) is 4.39 Å². The largest absolute Gasteiger partial charge is 0.357 e. The highest BCUT2D eigenvalue weighted by Crippen LogP contribution is 2.34. The lowest BCUT2D eigenvalue weighted by molar-refractivity contribution is 0.627. The minimum absolute atomic E-state index is 0.258. The van der Waals surface area contributed by atoms with Gasteiger partial charge >= 0.3 is 0 Å². The summed E-state index contributed by atoms with van der Waals surface area (Å²) >= 11 is 0. The summed E-state index contributed by atoms with van der Waals surface area (Å²) < 4.78 is 13.5. The third kappa shape index (κ3) is 3.54. The molecule has 5 rings (SSSR count). The van der Waals surface area contributed by atoms with E-state index in [0.29, 0.717) is 0 Å². The molecule has 4 nitrogen and oxygen atoms in total. The second-order valence-corrected chi connectivity index (χ2v) is 7.61. The molecule has 5 heteroatoms. The van der Waals surface area contributed by atoms with Crippen LogP contribution in [-0.4, -0.2) is 20.2 Å². The highest BCUT2D eigenvalue weighted by molar-refractivity contribution is 5.96. The zero-order valence-electron chi connectivity index (χ0n) is 17.6. The average Bonchev–Trinajstić information content (AvgIpc) is 3.41. The van der Waals surface area contributed by atoms with Crippen LogP contribution >= 0.6 is 0 Å². The fourth-order valence-corrected chi connectivity index (χ4v) is 4.00. The van der Waals surface area contributed by atoms with E-state index in [0.717, 1.165) is 55.8 Å². The standard InChI is InChI=1S/C27H21FN4/c1-3-4-22(19-5-8-21(28)9-6-19)23-16-26(30-17(23)2)27-24-15-20(7-10-25(24)31-32-27)18-11-13-29-14-12-18/h3-16,30H,1H2,2H3,(H,31,32)/b22-4-. The molecule has 0 aliphatic rings. The molecule has 0 saturated heterocycles. The molecule has 0 atom stereocenters. The lowest BCUT2D eigenvalue weighted by atomic mass is 9.97. The fourth-order valence-electron chi connectivity index (χ4n) is 4.00. The molecule has 0 aliphatic heterocycles. The lowest BCUT2D eigenvalue weighted by Gasteiger charge is -2.07. The number of halogens is 1. The van der Waals surface area contributed by atoms with Gasteiger partial charge in [0.2, 0.25) is 0 Å². The summed E-state index contributed by atoms with van der Waals surface area (Å²) in [5.41, 5.74) is 8.84. The van der Waals surface area contributed by atoms with Gasteiger partial charge in [0.25, 0.3) is 0 Å². The first-order valence-electron chi connectivity index (χ1n) is 10.3. The Balaban J connectivity index is 1.61. The molecule has 0 radical (unpaired) electrons. The summed E-state index contributed by atoms with van der Waals surface area (Å²) in [4.78, 5) is 7.58. The number of aromatic nitrogens is 4. The molecule has 3 heterocycles. The Hall–Kier alpha value is -4.25. The van der Waals surface area contributed by atoms with Crippen LogP contribution in [0.4, 0.5) is 4.39 Å². The molecular formula is C27H21FN4. The summed E-state index contributed by atoms with van der Waals surface area (Å²) in [5, 5.41) is 8.75. The Labute approximate surface area is 185 Å². The first-order chi connectivity index (χ1) is 15.6. The maximum atomic E-state index is 13.5. The lowest BCUT2D eigenvalue weighted by Crippen LogP contribution is -1.89. The van der Waals surface area contributed by atoms with Gasteiger partial charge in [0, 0.05) is 29.0 Å². The molecule has 2 aromatic carbocycles. The summed E-state index contributed by atoms with van der Waals surface area (Å²) in [5.74, 6) is -0.258. The second kappa shape index (κ2) is 8.12. The van der Waals surface area contributed by atoms with E-state index in [2.05, 4.69) is 44.9 Å². The van der Waals surface area contributed by atoms with Crippen molar-refractivity contribution in [2.24, 2.45) is 0 Å². The molecule has 0 spiro atoms. The third-order valence-corrected chi connectivity index (χ3v) is 5.58. The summed E-state index contributed by atoms with van der Waals surface area (Å²) in [6, 6.07) is 18.8. The Morgan fingerprint density at radius 3 is 2.50 bits per heavy atom. The van der Waals surface area contributed by atoms with Gasteiger partial charge in [-0.15, -0.1) is 0 Å². The van der Waals surface area contributed by atoms with Crippen molar-refractivity contribution in [1.29, 1.82) is 0 Å². The third-order valence-electron chi connectivity index (χ3n) is 5.58. The number of allylic oxidation sites excluding steroid dienone is 2. The topological polar surface area (TPSA) is 57.4 Å². The van der Waals surface area contributed by atoms with Gasteiger partial charge in [-0.05, 0) is 71.7 Å². The molecule has 2 N–H and O–H groups in total. The molecule has 0 saturated carbocycles. The van der Waals surface area contributed by atoms with E-state index in [-0.39, 0.29) is 5.82 Å². The van der Waals surface area contributed by atoms with Crippen molar-refractivity contribution < 1.29 is 4.39 Å². The van der Waals surface area contributed by atoms with Crippen molar-refractivity contribution in [3.63, 3.8) is 0 Å². The van der Waals surface area contributed by atoms with Crippen LogP contribution in [0.5, 0.6) is 0 Å². The van der Waals surface area contributed by atoms with Gasteiger partial charge in [-0.3, -0.25) is 10.1 Å². The predicted molar refractivity (Wildman–Crippen MR) is 128 cm³/mol. The van der Waals surface area contributed by atoms with E-state index in [1.165, 1.54) is 12.1 Å². The second-order valence-electron chi connectivity index (χ2n) is 7.61. The van der Waals surface area contributed by atoms with Crippen LogP contribution in [-0.2, 0) is 0 Å². The smallest absolute Gasteiger partial charge is 0.123 e. The van der Waals surface area contributed by atoms with Crippen molar-refractivity contribution in [2.75, 3.05) is 0 Å². The quantitative estimate of drug-likeness (QED) is 0.311. The number of aryl methyl sites for hydroxylation is 1. The van der Waals surface area contributed by atoms with Gasteiger partial charge in [0.15, 0.2) is 0 Å². The van der Waals surface area contributed by atoms with Crippen molar-refractivity contribution >= 4 is 16.5 Å². The normalized spacial score (nSPS) is 11.8. The van der Waals surface area contributed by atoms with Gasteiger partial charge in [-0.25, -0.2) is 4.39 Å². The summed E-state index contributed by atoms with van der Waals surface area (Å²) in [7, 11) is 0. The Morgan fingerprint density at radius 1 is 0.969 bits per heavy atom. The minimum Gasteiger partial charge on any atom is -0.357 e. The monoisotopic (exact) mass is 420 g/mol. The number of hydrogen-bond acceptors (Lipinski definition) is 2. The van der Waals surface area contributed by atoms with Crippen LogP contribution in [0.2, 0.25) is 0 Å². The molecule has 0 unspecified atom stereocenters. The minimum atomic E-state index is -0.258. The van der Waals surface area contributed by atoms with Crippen LogP contribution in [0.15, 0.2) is 91.8 Å². The molecule has 32 heavy (non-hydrogen) atoms. The highest BCUT2D eigenvalue weighted by Gasteiger charge is 2.16. The number of benzene rings is 2. The van der Waals surface area contributed by atoms with E-state index in [4.69, 9.17) is 0 Å². The molecule has 0 fully saturated rings. The fraction of sp³-hybridized carbons (Fsp3) is 0.0370. The predicted octanol–water partition coefficient (Wildman–Crippen LogP) is 6.69. The zero-order chi connectivity index (χ0) is 22.1. The number of fused-ring (bicyclic) bond motifs is 1. The molecule has 5 aromatic rings. The van der Waals surface area contributed by atoms with E-state index in [1.54, 1.807) is 30.6 Å². The van der Waals surface area contributed by atoms with Crippen LogP contribution in [0, 0.1) is 12.7 Å². The maximum absolute atomic E-state index is 13.5. The number of H-pyrrole nitrogens is 2. The van der Waals surface area contributed by atoms with Crippen LogP contribution in [0.3, 0.4) is 0 Å². The van der Waals surface area contributed by atoms with Gasteiger partial charge in [0.1, 0.15) is 11.5 Å². The number of nitrogens with one attached hydrogen (secondary N) is 2. The molecule has 0 amide bonds. The van der Waals surface area contributed by atoms with Crippen molar-refractivity contribution in [2.45, 2.75) is 6.92 Å². The number of pyridine rings is 1. The first kappa shape index (κ1) is 19.7. The van der Waals surface area contributed by atoms with Crippen molar-refractivity contribution in [3.8, 4) is 22.5 Å². The van der Waals surface area contributed by atoms with Gasteiger partial charge in [0.05, 0.1) is 11.2 Å². The number of nitrogens with zero attached hydrogens (tertiary/aromatic N) is 2. The number of rotatable bonds is 5. The highest BCUT2D eigenvalue weighted by atomic mass is 19.1. The van der Waals surface area contributed by atoms with E-state index in [1.807, 2.05) is 31.2 Å². The Bertz CT molecular complexity index is 1440. The maximum Gasteiger partial charge on any atom is 0.123 e. The molecule has 3 aromatic heterocycles. The van der Waals surface area contributed by atoms with Crippen LogP contribution in [0.25, 0.3) is 39.0 Å². The molecule has 156 valence electrons. The average molecular weight is 420 g/mol. The number of hydrogen-bond donors (Lipinski definition) is 2. The Kier molecular flexibility index (Phi) is 5.00. The number of aromatic amines is 2. The summed E-state index contributed by atoms with van der Waals surface area (Å²) in [6.45, 7) is 5.88. The molecule has 0 bridgehead atoms. The van der Waals surface area contributed by atoms with Gasteiger partial charge in [-0.1, -0.05) is 36.9 Å². The van der Waals surface area contributed by atoms with Crippen LogP contribution in [0.1, 0.15) is 16.8 Å². The van der Waals surface area contributed by atoms with E-state index >= 15 is 0 Å². The molecule has 0 aliphatic carbocycles. The van der Waals surface area contributed by atoms with Crippen molar-refractivity contribution in [3.05, 3.63) is 114 Å². The van der Waals surface area contributed by atoms with Gasteiger partial charge < -0.3 is 4.98 Å². The van der Waals surface area contributed by atoms with Gasteiger partial charge in [-0.2, -0.15) is 5.10 Å². The van der Waals surface area contributed by atoms with E-state index < -0.39 is 0 Å². The van der Waals surface area contributed by atoms with Crippen LogP contribution < -0.4 is 0 Å². The van der Waals surface area contributed by atoms with Crippen molar-refractivity contribution in [1.82, 2.24) is 20.2 Å². The zero-order valence-corrected chi connectivity index (χ0v) is 17.6. The Morgan fingerprint density at radius 2 is 1.75 bits per heavy atom. The SMILES string of the molecule is C=C/C=C(/c1ccc(F)cc1)c1cc(-c2n[nH]c3ccc(-c4ccncc4)cc23)[nH]c1C. The molecular weight excluding hydrogens is 399 g/mol. The first-order valence-corrected chi connectivity index (χ1v) is 10.3.